The lowest BCUT2D eigenvalue weighted by Gasteiger charge is -2.04. The van der Waals surface area contributed by atoms with E-state index >= 15 is 0 Å². The summed E-state index contributed by atoms with van der Waals surface area (Å²) in [6.45, 7) is 1.96. The van der Waals surface area contributed by atoms with E-state index in [1.54, 1.807) is 0 Å². The number of rotatable bonds is 2. The number of pyridine rings is 1. The minimum Gasteiger partial charge on any atom is -0.398 e. The quantitative estimate of drug-likeness (QED) is 0.562. The molecule has 0 amide bonds. The van der Waals surface area contributed by atoms with Crippen molar-refractivity contribution >= 4 is 17.5 Å². The van der Waals surface area contributed by atoms with Crippen LogP contribution < -0.4 is 5.73 Å². The fraction of sp³-hybridized carbons (Fsp3) is 0.0667. The number of carbonyl (C=O) groups excluding carboxylic acids is 1. The van der Waals surface area contributed by atoms with Crippen molar-refractivity contribution in [1.82, 2.24) is 9.38 Å². The average molecular weight is 251 g/mol. The van der Waals surface area contributed by atoms with Crippen molar-refractivity contribution < 1.29 is 4.79 Å². The first-order valence-electron chi connectivity index (χ1n) is 5.99. The lowest BCUT2D eigenvalue weighted by atomic mass is 10.1. The third-order valence-electron chi connectivity index (χ3n) is 3.23. The van der Waals surface area contributed by atoms with Crippen LogP contribution >= 0.6 is 0 Å². The molecule has 4 nitrogen and oxygen atoms in total. The number of carbonyl (C=O) groups is 1. The molecule has 0 fully saturated rings. The number of nitrogens with two attached hydrogens (primary N) is 1. The molecule has 4 heteroatoms. The van der Waals surface area contributed by atoms with Gasteiger partial charge < -0.3 is 5.73 Å². The zero-order chi connectivity index (χ0) is 13.4. The number of aryl methyl sites for hydroxylation is 1. The van der Waals surface area contributed by atoms with Crippen LogP contribution in [0.5, 0.6) is 0 Å². The van der Waals surface area contributed by atoms with Crippen molar-refractivity contribution in [2.45, 2.75) is 6.92 Å². The summed E-state index contributed by atoms with van der Waals surface area (Å²) in [6.07, 6.45) is 2.66. The molecule has 0 unspecified atom stereocenters. The first-order valence-corrected chi connectivity index (χ1v) is 5.99. The second-order valence-corrected chi connectivity index (χ2v) is 4.47. The number of imidazole rings is 1. The van der Waals surface area contributed by atoms with E-state index in [9.17, 15) is 4.79 Å². The lowest BCUT2D eigenvalue weighted by molar-refractivity contribution is 0.112. The Kier molecular flexibility index (Phi) is 2.56. The van der Waals surface area contributed by atoms with Crippen molar-refractivity contribution in [3.63, 3.8) is 0 Å². The summed E-state index contributed by atoms with van der Waals surface area (Å²) in [6, 6.07) is 11.5. The van der Waals surface area contributed by atoms with Gasteiger partial charge in [-0.3, -0.25) is 9.20 Å². The van der Waals surface area contributed by atoms with Crippen LogP contribution in [0.4, 0.5) is 5.69 Å². The highest BCUT2D eigenvalue weighted by Crippen LogP contribution is 2.25. The maximum absolute atomic E-state index is 11.1. The number of anilines is 1. The number of fused-ring (bicyclic) bond motifs is 1. The Morgan fingerprint density at radius 1 is 1.26 bits per heavy atom. The highest BCUT2D eigenvalue weighted by Gasteiger charge is 2.12. The Labute approximate surface area is 110 Å². The van der Waals surface area contributed by atoms with Crippen LogP contribution in [-0.4, -0.2) is 15.7 Å². The van der Waals surface area contributed by atoms with Gasteiger partial charge in [0, 0.05) is 17.4 Å². The van der Waals surface area contributed by atoms with E-state index in [2.05, 4.69) is 4.98 Å². The van der Waals surface area contributed by atoms with Crippen molar-refractivity contribution in [2.75, 3.05) is 5.73 Å². The third kappa shape index (κ3) is 1.78. The molecule has 0 spiro atoms. The number of hydrogen-bond acceptors (Lipinski definition) is 3. The summed E-state index contributed by atoms with van der Waals surface area (Å²) >= 11 is 0. The molecular formula is C15H13N3O. The van der Waals surface area contributed by atoms with Crippen LogP contribution in [0.1, 0.15) is 16.1 Å². The molecule has 0 radical (unpaired) electrons. The number of nitrogens with zero attached hydrogens (tertiary/aromatic N) is 2. The van der Waals surface area contributed by atoms with Crippen LogP contribution in [-0.2, 0) is 0 Å². The Morgan fingerprint density at radius 2 is 2.11 bits per heavy atom. The molecule has 2 N–H and O–H groups in total. The number of nitrogen functional groups attached to an aromatic ring is 1. The molecule has 0 aliphatic heterocycles. The molecule has 0 aliphatic rings. The van der Waals surface area contributed by atoms with Crippen LogP contribution in [0.3, 0.4) is 0 Å². The summed E-state index contributed by atoms with van der Waals surface area (Å²) in [5.74, 6) is 0.726. The van der Waals surface area contributed by atoms with E-state index in [0.717, 1.165) is 34.4 Å². The molecule has 0 aliphatic carbocycles. The third-order valence-corrected chi connectivity index (χ3v) is 3.23. The molecule has 3 aromatic rings. The summed E-state index contributed by atoms with van der Waals surface area (Å²) in [5.41, 5.74) is 9.82. The van der Waals surface area contributed by atoms with E-state index in [4.69, 9.17) is 5.73 Å². The van der Waals surface area contributed by atoms with Crippen LogP contribution in [0.2, 0.25) is 0 Å². The van der Waals surface area contributed by atoms with Crippen LogP contribution in [0.25, 0.3) is 16.9 Å². The molecule has 1 aromatic carbocycles. The van der Waals surface area contributed by atoms with Gasteiger partial charge in [0.15, 0.2) is 6.29 Å². The highest BCUT2D eigenvalue weighted by atomic mass is 16.1. The number of aldehydes is 1. The molecule has 94 valence electrons. The predicted molar refractivity (Wildman–Crippen MR) is 75.2 cm³/mol. The maximum atomic E-state index is 11.1. The topological polar surface area (TPSA) is 60.4 Å². The molecule has 2 heterocycles. The van der Waals surface area contributed by atoms with E-state index in [0.29, 0.717) is 5.69 Å². The van der Waals surface area contributed by atoms with Gasteiger partial charge in [-0.1, -0.05) is 18.2 Å². The fourth-order valence-corrected chi connectivity index (χ4v) is 2.13. The fourth-order valence-electron chi connectivity index (χ4n) is 2.13. The summed E-state index contributed by atoms with van der Waals surface area (Å²) in [5, 5.41) is 0. The molecule has 3 rings (SSSR count). The Bertz CT molecular complexity index is 774. The highest BCUT2D eigenvalue weighted by molar-refractivity contribution is 5.86. The maximum Gasteiger partial charge on any atom is 0.170 e. The Hall–Kier alpha value is -2.62. The molecule has 2 aromatic heterocycles. The summed E-state index contributed by atoms with van der Waals surface area (Å²) in [4.78, 5) is 15.5. The standard InChI is InChI=1S/C15H13N3O/c1-10-5-6-11(8-12(10)16)15-17-13(9-19)14-4-2-3-7-18(14)15/h2-9H,16H2,1H3. The largest absolute Gasteiger partial charge is 0.398 e. The van der Waals surface area contributed by atoms with Gasteiger partial charge in [-0.25, -0.2) is 4.98 Å². The van der Waals surface area contributed by atoms with E-state index in [1.165, 1.54) is 0 Å². The van der Waals surface area contributed by atoms with Crippen LogP contribution in [0, 0.1) is 6.92 Å². The second-order valence-electron chi connectivity index (χ2n) is 4.47. The molecule has 0 bridgehead atoms. The van der Waals surface area contributed by atoms with Gasteiger partial charge in [0.1, 0.15) is 11.5 Å². The molecular weight excluding hydrogens is 238 g/mol. The minimum absolute atomic E-state index is 0.440. The Balaban J connectivity index is 2.30. The zero-order valence-corrected chi connectivity index (χ0v) is 10.5. The normalized spacial score (nSPS) is 10.8. The SMILES string of the molecule is Cc1ccc(-c2nc(C=O)c3ccccn23)cc1N. The van der Waals surface area contributed by atoms with Crippen molar-refractivity contribution in [1.29, 1.82) is 0 Å². The van der Waals surface area contributed by atoms with Gasteiger partial charge in [0.25, 0.3) is 0 Å². The van der Waals surface area contributed by atoms with Crippen LogP contribution in [0.15, 0.2) is 42.6 Å². The van der Waals surface area contributed by atoms with E-state index < -0.39 is 0 Å². The molecule has 19 heavy (non-hydrogen) atoms. The summed E-state index contributed by atoms with van der Waals surface area (Å²) < 4.78 is 1.90. The first-order chi connectivity index (χ1) is 9.20. The second kappa shape index (κ2) is 4.24. The summed E-state index contributed by atoms with van der Waals surface area (Å²) in [7, 11) is 0. The van der Waals surface area contributed by atoms with Gasteiger partial charge >= 0.3 is 0 Å². The van der Waals surface area contributed by atoms with Crippen molar-refractivity contribution in [3.8, 4) is 11.4 Å². The zero-order valence-electron chi connectivity index (χ0n) is 10.5. The first kappa shape index (κ1) is 11.5. The van der Waals surface area contributed by atoms with E-state index in [1.807, 2.05) is 53.9 Å². The van der Waals surface area contributed by atoms with Gasteiger partial charge in [-0.15, -0.1) is 0 Å². The Morgan fingerprint density at radius 3 is 2.84 bits per heavy atom. The number of hydrogen-bond donors (Lipinski definition) is 1. The molecule has 0 saturated carbocycles. The van der Waals surface area contributed by atoms with Gasteiger partial charge in [0.2, 0.25) is 0 Å². The smallest absolute Gasteiger partial charge is 0.170 e. The minimum atomic E-state index is 0.440. The van der Waals surface area contributed by atoms with Gasteiger partial charge in [-0.2, -0.15) is 0 Å². The monoisotopic (exact) mass is 251 g/mol. The number of aromatic nitrogens is 2. The number of benzene rings is 1. The lowest BCUT2D eigenvalue weighted by Crippen LogP contribution is -1.93. The predicted octanol–water partition coefficient (Wildman–Crippen LogP) is 2.70. The van der Waals surface area contributed by atoms with Gasteiger partial charge in [-0.05, 0) is 30.7 Å². The molecule has 0 atom stereocenters. The van der Waals surface area contributed by atoms with Crippen molar-refractivity contribution in [3.05, 3.63) is 53.9 Å². The van der Waals surface area contributed by atoms with Crippen molar-refractivity contribution in [2.24, 2.45) is 0 Å². The average Bonchev–Trinajstić information content (AvgIpc) is 2.81. The van der Waals surface area contributed by atoms with Gasteiger partial charge in [0.05, 0.1) is 5.52 Å². The molecule has 0 saturated heterocycles. The van der Waals surface area contributed by atoms with E-state index in [-0.39, 0.29) is 0 Å².